The Morgan fingerprint density at radius 1 is 1.25 bits per heavy atom. The average molecular weight is 351 g/mol. The molecule has 0 saturated heterocycles. The summed E-state index contributed by atoms with van der Waals surface area (Å²) in [6.07, 6.45) is 1.48. The van der Waals surface area contributed by atoms with Gasteiger partial charge in [0.05, 0.1) is 11.5 Å². The van der Waals surface area contributed by atoms with E-state index in [2.05, 4.69) is 5.32 Å². The third kappa shape index (κ3) is 4.43. The molecule has 9 heteroatoms. The number of hydrogen-bond donors (Lipinski definition) is 2. The van der Waals surface area contributed by atoms with Crippen LogP contribution in [0.2, 0.25) is 0 Å². The van der Waals surface area contributed by atoms with Crippen molar-refractivity contribution in [1.82, 2.24) is 4.57 Å². The number of primary sulfonamides is 1. The van der Waals surface area contributed by atoms with E-state index in [-0.39, 0.29) is 17.2 Å². The monoisotopic (exact) mass is 351 g/mol. The van der Waals surface area contributed by atoms with Crippen molar-refractivity contribution >= 4 is 21.6 Å². The molecule has 1 amide bonds. The van der Waals surface area contributed by atoms with Crippen molar-refractivity contribution in [3.63, 3.8) is 0 Å². The fourth-order valence-corrected chi connectivity index (χ4v) is 2.50. The standard InChI is InChI=1S/C15H17N3O5S/c1-2-23-13-4-3-9-18(15(13)20)10-14(19)17-11-5-7-12(8-6-11)24(16,21)22/h3-9H,2,10H2,1H3,(H,17,19)(H2,16,21,22). The summed E-state index contributed by atoms with van der Waals surface area (Å²) in [6, 6.07) is 8.54. The highest BCUT2D eigenvalue weighted by Gasteiger charge is 2.10. The van der Waals surface area contributed by atoms with Gasteiger partial charge in [0.1, 0.15) is 6.54 Å². The zero-order valence-electron chi connectivity index (χ0n) is 12.9. The van der Waals surface area contributed by atoms with E-state index in [0.717, 1.165) is 0 Å². The molecule has 0 unspecified atom stereocenters. The molecule has 0 spiro atoms. The molecule has 1 aromatic heterocycles. The van der Waals surface area contributed by atoms with Gasteiger partial charge in [-0.3, -0.25) is 9.59 Å². The van der Waals surface area contributed by atoms with Crippen LogP contribution in [0.15, 0.2) is 52.3 Å². The van der Waals surface area contributed by atoms with Crippen molar-refractivity contribution in [2.75, 3.05) is 11.9 Å². The van der Waals surface area contributed by atoms with Crippen molar-refractivity contribution in [2.45, 2.75) is 18.4 Å². The van der Waals surface area contributed by atoms with E-state index in [1.54, 1.807) is 13.0 Å². The number of nitrogens with two attached hydrogens (primary N) is 1. The van der Waals surface area contributed by atoms with Gasteiger partial charge < -0.3 is 14.6 Å². The molecule has 24 heavy (non-hydrogen) atoms. The molecule has 2 aromatic rings. The lowest BCUT2D eigenvalue weighted by atomic mass is 10.3. The highest BCUT2D eigenvalue weighted by atomic mass is 32.2. The minimum atomic E-state index is -3.78. The van der Waals surface area contributed by atoms with Crippen molar-refractivity contribution in [1.29, 1.82) is 0 Å². The van der Waals surface area contributed by atoms with Crippen LogP contribution < -0.4 is 20.8 Å². The molecule has 0 saturated carbocycles. The van der Waals surface area contributed by atoms with E-state index in [1.165, 1.54) is 41.1 Å². The lowest BCUT2D eigenvalue weighted by Crippen LogP contribution is -2.28. The fraction of sp³-hybridized carbons (Fsp3) is 0.200. The van der Waals surface area contributed by atoms with E-state index in [0.29, 0.717) is 12.3 Å². The molecule has 2 rings (SSSR count). The average Bonchev–Trinajstić information content (AvgIpc) is 2.51. The van der Waals surface area contributed by atoms with Gasteiger partial charge in [0.15, 0.2) is 5.75 Å². The van der Waals surface area contributed by atoms with Gasteiger partial charge in [0.2, 0.25) is 15.9 Å². The number of hydrogen-bond acceptors (Lipinski definition) is 5. The summed E-state index contributed by atoms with van der Waals surface area (Å²) in [5.41, 5.74) is -0.0134. The summed E-state index contributed by atoms with van der Waals surface area (Å²) in [7, 11) is -3.78. The molecule has 0 fully saturated rings. The molecule has 128 valence electrons. The summed E-state index contributed by atoms with van der Waals surface area (Å²) in [5.74, 6) is -0.264. The minimum absolute atomic E-state index is 0.0545. The maximum atomic E-state index is 12.1. The van der Waals surface area contributed by atoms with E-state index in [9.17, 15) is 18.0 Å². The first-order valence-corrected chi connectivity index (χ1v) is 8.61. The van der Waals surface area contributed by atoms with Crippen LogP contribution in [0, 0.1) is 0 Å². The van der Waals surface area contributed by atoms with Gasteiger partial charge in [-0.05, 0) is 43.3 Å². The third-order valence-electron chi connectivity index (χ3n) is 3.07. The van der Waals surface area contributed by atoms with Gasteiger partial charge in [0, 0.05) is 11.9 Å². The Morgan fingerprint density at radius 2 is 1.92 bits per heavy atom. The van der Waals surface area contributed by atoms with E-state index in [4.69, 9.17) is 9.88 Å². The second-order valence-electron chi connectivity index (χ2n) is 4.86. The Bertz CT molecular complexity index is 888. The minimum Gasteiger partial charge on any atom is -0.488 e. The van der Waals surface area contributed by atoms with Crippen LogP contribution in [0.1, 0.15) is 6.92 Å². The Balaban J connectivity index is 2.09. The smallest absolute Gasteiger partial charge is 0.293 e. The van der Waals surface area contributed by atoms with E-state index >= 15 is 0 Å². The van der Waals surface area contributed by atoms with Crippen LogP contribution in [0.5, 0.6) is 5.75 Å². The SMILES string of the molecule is CCOc1cccn(CC(=O)Nc2ccc(S(N)(=O)=O)cc2)c1=O. The Kier molecular flexibility index (Phi) is 5.37. The Hall–Kier alpha value is -2.65. The van der Waals surface area contributed by atoms with Crippen LogP contribution >= 0.6 is 0 Å². The molecular weight excluding hydrogens is 334 g/mol. The largest absolute Gasteiger partial charge is 0.488 e. The number of aromatic nitrogens is 1. The molecule has 8 nitrogen and oxygen atoms in total. The number of amides is 1. The molecule has 0 atom stereocenters. The molecule has 0 radical (unpaired) electrons. The second kappa shape index (κ2) is 7.28. The number of nitrogens with zero attached hydrogens (tertiary/aromatic N) is 1. The molecule has 1 heterocycles. The first kappa shape index (κ1) is 17.7. The zero-order valence-corrected chi connectivity index (χ0v) is 13.7. The maximum Gasteiger partial charge on any atom is 0.293 e. The van der Waals surface area contributed by atoms with Crippen LogP contribution in [0.4, 0.5) is 5.69 Å². The molecule has 0 aliphatic heterocycles. The van der Waals surface area contributed by atoms with Crippen molar-refractivity contribution in [2.24, 2.45) is 5.14 Å². The molecule has 0 bridgehead atoms. The number of ether oxygens (including phenoxy) is 1. The van der Waals surface area contributed by atoms with Gasteiger partial charge in [-0.25, -0.2) is 13.6 Å². The Labute approximate surface area is 138 Å². The molecule has 0 aliphatic carbocycles. The van der Waals surface area contributed by atoms with E-state index < -0.39 is 21.5 Å². The van der Waals surface area contributed by atoms with Gasteiger partial charge in [-0.15, -0.1) is 0 Å². The summed E-state index contributed by atoms with van der Waals surface area (Å²) >= 11 is 0. The number of benzene rings is 1. The number of sulfonamides is 1. The number of pyridine rings is 1. The van der Waals surface area contributed by atoms with Crippen molar-refractivity contribution in [3.8, 4) is 5.75 Å². The lowest BCUT2D eigenvalue weighted by molar-refractivity contribution is -0.116. The maximum absolute atomic E-state index is 12.1. The molecule has 3 N–H and O–H groups in total. The number of carbonyl (C=O) groups is 1. The topological polar surface area (TPSA) is 120 Å². The fourth-order valence-electron chi connectivity index (χ4n) is 1.99. The second-order valence-corrected chi connectivity index (χ2v) is 6.42. The third-order valence-corrected chi connectivity index (χ3v) is 3.99. The van der Waals surface area contributed by atoms with Gasteiger partial charge in [0.25, 0.3) is 5.56 Å². The molecular formula is C15H17N3O5S. The zero-order chi connectivity index (χ0) is 17.7. The Morgan fingerprint density at radius 3 is 2.50 bits per heavy atom. The summed E-state index contributed by atoms with van der Waals surface area (Å²) < 4.78 is 28.8. The molecule has 0 aliphatic rings. The van der Waals surface area contributed by atoms with Gasteiger partial charge >= 0.3 is 0 Å². The van der Waals surface area contributed by atoms with Crippen LogP contribution in [0.3, 0.4) is 0 Å². The highest BCUT2D eigenvalue weighted by molar-refractivity contribution is 7.89. The predicted octanol–water partition coefficient (Wildman–Crippen LogP) is 0.533. The van der Waals surface area contributed by atoms with Crippen LogP contribution in [-0.2, 0) is 21.4 Å². The van der Waals surface area contributed by atoms with Crippen molar-refractivity contribution < 1.29 is 17.9 Å². The van der Waals surface area contributed by atoms with Gasteiger partial charge in [-0.1, -0.05) is 0 Å². The first-order chi connectivity index (χ1) is 11.3. The summed E-state index contributed by atoms with van der Waals surface area (Å²) in [5, 5.41) is 7.57. The van der Waals surface area contributed by atoms with Crippen LogP contribution in [0.25, 0.3) is 0 Å². The number of carbonyl (C=O) groups excluding carboxylic acids is 1. The van der Waals surface area contributed by atoms with Crippen LogP contribution in [-0.4, -0.2) is 25.5 Å². The molecule has 1 aromatic carbocycles. The predicted molar refractivity (Wildman–Crippen MR) is 88.3 cm³/mol. The summed E-state index contributed by atoms with van der Waals surface area (Å²) in [4.78, 5) is 24.1. The number of rotatable bonds is 6. The van der Waals surface area contributed by atoms with Gasteiger partial charge in [-0.2, -0.15) is 0 Å². The van der Waals surface area contributed by atoms with Crippen molar-refractivity contribution in [3.05, 3.63) is 52.9 Å². The highest BCUT2D eigenvalue weighted by Crippen LogP contribution is 2.12. The number of nitrogens with one attached hydrogen (secondary N) is 1. The lowest BCUT2D eigenvalue weighted by Gasteiger charge is -2.09. The summed E-state index contributed by atoms with van der Waals surface area (Å²) in [6.45, 7) is 1.91. The first-order valence-electron chi connectivity index (χ1n) is 7.06. The quantitative estimate of drug-likeness (QED) is 0.786. The van der Waals surface area contributed by atoms with E-state index in [1.807, 2.05) is 0 Å². The normalized spacial score (nSPS) is 11.1. The number of anilines is 1.